The first-order valence-corrected chi connectivity index (χ1v) is 6.79. The van der Waals surface area contributed by atoms with E-state index in [0.717, 1.165) is 12.1 Å². The minimum absolute atomic E-state index is 0.0696. The van der Waals surface area contributed by atoms with Crippen LogP contribution in [0.25, 0.3) is 0 Å². The molecule has 0 spiro atoms. The van der Waals surface area contributed by atoms with Gasteiger partial charge in [-0.3, -0.25) is 0 Å². The number of aliphatic hydroxyl groups is 1. The molecule has 0 aliphatic carbocycles. The van der Waals surface area contributed by atoms with E-state index < -0.39 is 29.1 Å². The maximum atomic E-state index is 12.0. The molecular formula is C10H9ClF2N2O3S. The number of sulfonamides is 1. The van der Waals surface area contributed by atoms with Crippen molar-refractivity contribution in [2.45, 2.75) is 17.4 Å². The van der Waals surface area contributed by atoms with Crippen LogP contribution in [0.2, 0.25) is 5.02 Å². The van der Waals surface area contributed by atoms with Gasteiger partial charge in [-0.05, 0) is 18.2 Å². The van der Waals surface area contributed by atoms with Crippen LogP contribution >= 0.6 is 11.6 Å². The Morgan fingerprint density at radius 2 is 2.11 bits per heavy atom. The molecule has 1 unspecified atom stereocenters. The van der Waals surface area contributed by atoms with E-state index in [1.54, 1.807) is 6.07 Å². The van der Waals surface area contributed by atoms with Crippen molar-refractivity contribution in [1.82, 2.24) is 4.72 Å². The first-order chi connectivity index (χ1) is 8.77. The number of rotatable bonds is 5. The van der Waals surface area contributed by atoms with Gasteiger partial charge in [-0.15, -0.1) is 0 Å². The van der Waals surface area contributed by atoms with E-state index in [2.05, 4.69) is 0 Å². The van der Waals surface area contributed by atoms with Gasteiger partial charge < -0.3 is 5.11 Å². The number of nitrogens with zero attached hydrogens (tertiary/aromatic N) is 1. The Labute approximate surface area is 113 Å². The number of nitriles is 1. The lowest BCUT2D eigenvalue weighted by Gasteiger charge is -2.11. The van der Waals surface area contributed by atoms with Crippen LogP contribution < -0.4 is 4.72 Å². The molecular weight excluding hydrogens is 302 g/mol. The van der Waals surface area contributed by atoms with Crippen LogP contribution in [0.15, 0.2) is 23.1 Å². The Morgan fingerprint density at radius 1 is 1.47 bits per heavy atom. The summed E-state index contributed by atoms with van der Waals surface area (Å²) < 4.78 is 49.3. The first-order valence-electron chi connectivity index (χ1n) is 4.93. The number of hydrogen-bond donors (Lipinski definition) is 2. The molecule has 0 aliphatic rings. The van der Waals surface area contributed by atoms with Crippen LogP contribution in [0.1, 0.15) is 5.56 Å². The van der Waals surface area contributed by atoms with Crippen LogP contribution in [0, 0.1) is 11.3 Å². The zero-order valence-electron chi connectivity index (χ0n) is 9.35. The molecule has 0 aromatic heterocycles. The monoisotopic (exact) mass is 310 g/mol. The molecule has 19 heavy (non-hydrogen) atoms. The predicted octanol–water partition coefficient (Wildman–Crippen LogP) is 1.12. The highest BCUT2D eigenvalue weighted by atomic mass is 35.5. The molecule has 0 bridgehead atoms. The molecule has 104 valence electrons. The van der Waals surface area contributed by atoms with E-state index in [0.29, 0.717) is 0 Å². The lowest BCUT2D eigenvalue weighted by Crippen LogP contribution is -2.35. The van der Waals surface area contributed by atoms with Gasteiger partial charge in [0.05, 0.1) is 15.5 Å². The molecule has 0 saturated carbocycles. The van der Waals surface area contributed by atoms with Crippen molar-refractivity contribution >= 4 is 21.6 Å². The molecule has 0 fully saturated rings. The highest BCUT2D eigenvalue weighted by Gasteiger charge is 2.21. The third-order valence-corrected chi connectivity index (χ3v) is 3.88. The average molecular weight is 311 g/mol. The highest BCUT2D eigenvalue weighted by molar-refractivity contribution is 7.89. The highest BCUT2D eigenvalue weighted by Crippen LogP contribution is 2.20. The van der Waals surface area contributed by atoms with Gasteiger partial charge in [-0.2, -0.15) is 5.26 Å². The van der Waals surface area contributed by atoms with Crippen molar-refractivity contribution in [3.8, 4) is 6.07 Å². The van der Waals surface area contributed by atoms with E-state index in [9.17, 15) is 17.2 Å². The molecule has 2 N–H and O–H groups in total. The van der Waals surface area contributed by atoms with Crippen molar-refractivity contribution in [2.75, 3.05) is 6.54 Å². The normalized spacial score (nSPS) is 13.3. The molecule has 9 heteroatoms. The number of benzene rings is 1. The fraction of sp³-hybridized carbons (Fsp3) is 0.300. The minimum Gasteiger partial charge on any atom is -0.386 e. The molecule has 1 aromatic rings. The lowest BCUT2D eigenvalue weighted by molar-refractivity contribution is -0.000451. The fourth-order valence-electron chi connectivity index (χ4n) is 1.12. The smallest absolute Gasteiger partial charge is 0.265 e. The third kappa shape index (κ3) is 4.11. The van der Waals surface area contributed by atoms with Gasteiger partial charge in [0, 0.05) is 6.54 Å². The maximum Gasteiger partial charge on any atom is 0.265 e. The molecule has 1 aromatic carbocycles. The van der Waals surface area contributed by atoms with Crippen LogP contribution in [-0.4, -0.2) is 32.6 Å². The average Bonchev–Trinajstić information content (AvgIpc) is 2.35. The first kappa shape index (κ1) is 15.8. The summed E-state index contributed by atoms with van der Waals surface area (Å²) in [6.07, 6.45) is -5.14. The van der Waals surface area contributed by atoms with E-state index in [4.69, 9.17) is 22.0 Å². The van der Waals surface area contributed by atoms with Gasteiger partial charge in [0.2, 0.25) is 10.0 Å². The van der Waals surface area contributed by atoms with Crippen LogP contribution in [0.4, 0.5) is 8.78 Å². The summed E-state index contributed by atoms with van der Waals surface area (Å²) in [5.74, 6) is 0. The topological polar surface area (TPSA) is 90.2 Å². The van der Waals surface area contributed by atoms with E-state index in [1.165, 1.54) is 6.07 Å². The summed E-state index contributed by atoms with van der Waals surface area (Å²) in [5, 5.41) is 17.4. The Bertz CT molecular complexity index is 601. The van der Waals surface area contributed by atoms with Crippen LogP contribution in [-0.2, 0) is 10.0 Å². The minimum atomic E-state index is -4.07. The second-order valence-corrected chi connectivity index (χ2v) is 5.68. The Morgan fingerprint density at radius 3 is 2.58 bits per heavy atom. The zero-order chi connectivity index (χ0) is 14.6. The van der Waals surface area contributed by atoms with Gasteiger partial charge in [0.1, 0.15) is 12.2 Å². The van der Waals surface area contributed by atoms with Gasteiger partial charge in [0.15, 0.2) is 0 Å². The number of aliphatic hydroxyl groups excluding tert-OH is 1. The van der Waals surface area contributed by atoms with Gasteiger partial charge in [0.25, 0.3) is 6.43 Å². The van der Waals surface area contributed by atoms with E-state index in [1.807, 2.05) is 4.72 Å². The molecule has 0 heterocycles. The summed E-state index contributed by atoms with van der Waals surface area (Å²) in [6, 6.07) is 5.09. The third-order valence-electron chi connectivity index (χ3n) is 2.14. The quantitative estimate of drug-likeness (QED) is 0.852. The molecule has 0 saturated heterocycles. The van der Waals surface area contributed by atoms with Gasteiger partial charge in [-0.1, -0.05) is 11.6 Å². The van der Waals surface area contributed by atoms with Gasteiger partial charge in [-0.25, -0.2) is 21.9 Å². The predicted molar refractivity (Wildman–Crippen MR) is 63.4 cm³/mol. The number of hydrogen-bond acceptors (Lipinski definition) is 4. The molecule has 0 radical (unpaired) electrons. The summed E-state index contributed by atoms with van der Waals surface area (Å²) in [5.41, 5.74) is 0.0910. The fourth-order valence-corrected chi connectivity index (χ4v) is 2.49. The molecule has 5 nitrogen and oxygen atoms in total. The van der Waals surface area contributed by atoms with Gasteiger partial charge >= 0.3 is 0 Å². The molecule has 1 atom stereocenters. The number of halogens is 3. The molecule has 0 aliphatic heterocycles. The SMILES string of the molecule is N#Cc1ccc(S(=O)(=O)NCC(O)C(F)F)cc1Cl. The van der Waals surface area contributed by atoms with Crippen molar-refractivity contribution < 1.29 is 22.3 Å². The number of alkyl halides is 2. The summed E-state index contributed by atoms with van der Waals surface area (Å²) in [7, 11) is -4.07. The molecule has 1 rings (SSSR count). The van der Waals surface area contributed by atoms with Crippen molar-refractivity contribution in [3.05, 3.63) is 28.8 Å². The van der Waals surface area contributed by atoms with Crippen LogP contribution in [0.3, 0.4) is 0 Å². The summed E-state index contributed by atoms with van der Waals surface area (Å²) in [6.45, 7) is -0.822. The summed E-state index contributed by atoms with van der Waals surface area (Å²) in [4.78, 5) is -0.280. The van der Waals surface area contributed by atoms with Crippen molar-refractivity contribution in [1.29, 1.82) is 5.26 Å². The Kier molecular flexibility index (Phi) is 5.20. The maximum absolute atomic E-state index is 12.0. The second kappa shape index (κ2) is 6.25. The van der Waals surface area contributed by atoms with Crippen LogP contribution in [0.5, 0.6) is 0 Å². The Balaban J connectivity index is 2.90. The van der Waals surface area contributed by atoms with E-state index >= 15 is 0 Å². The Hall–Kier alpha value is -1.27. The van der Waals surface area contributed by atoms with Crippen molar-refractivity contribution in [2.24, 2.45) is 0 Å². The van der Waals surface area contributed by atoms with Crippen molar-refractivity contribution in [3.63, 3.8) is 0 Å². The summed E-state index contributed by atoms with van der Waals surface area (Å²) >= 11 is 5.66. The van der Waals surface area contributed by atoms with E-state index in [-0.39, 0.29) is 15.5 Å². The lowest BCUT2D eigenvalue weighted by atomic mass is 10.2. The second-order valence-electron chi connectivity index (χ2n) is 3.51. The number of nitrogens with one attached hydrogen (secondary N) is 1. The largest absolute Gasteiger partial charge is 0.386 e. The zero-order valence-corrected chi connectivity index (χ0v) is 10.9. The molecule has 0 amide bonds. The standard InChI is InChI=1S/C10H9ClF2N2O3S/c11-8-3-7(2-1-6(8)4-14)19(17,18)15-5-9(16)10(12)13/h1-3,9-10,15-16H,5H2.